The second-order valence-corrected chi connectivity index (χ2v) is 4.90. The quantitative estimate of drug-likeness (QED) is 0.780. The molecule has 1 N–H and O–H groups in total. The van der Waals surface area contributed by atoms with Gasteiger partial charge in [-0.1, -0.05) is 0 Å². The van der Waals surface area contributed by atoms with E-state index < -0.39 is 12.0 Å². The van der Waals surface area contributed by atoms with Crippen molar-refractivity contribution in [3.63, 3.8) is 0 Å². The summed E-state index contributed by atoms with van der Waals surface area (Å²) in [4.78, 5) is 2.11. The zero-order valence-corrected chi connectivity index (χ0v) is 10.1. The topological polar surface area (TPSA) is 15.3 Å². The smallest absolute Gasteiger partial charge is 0.265 e. The molecule has 1 aliphatic heterocycles. The number of hydrogen-bond acceptors (Lipinski definition) is 2. The SMILES string of the molecule is CC(C)N(CC1NCCC1(F)F)C(C)C. The van der Waals surface area contributed by atoms with Crippen LogP contribution < -0.4 is 5.32 Å². The minimum atomic E-state index is -2.54. The molecule has 0 amide bonds. The lowest BCUT2D eigenvalue weighted by molar-refractivity contribution is -0.0264. The molecule has 0 radical (unpaired) electrons. The predicted octanol–water partition coefficient (Wildman–Crippen LogP) is 2.10. The van der Waals surface area contributed by atoms with Crippen LogP contribution in [0.25, 0.3) is 0 Å². The fourth-order valence-corrected chi connectivity index (χ4v) is 2.16. The van der Waals surface area contributed by atoms with Crippen molar-refractivity contribution in [2.45, 2.75) is 58.2 Å². The summed E-state index contributed by atoms with van der Waals surface area (Å²) in [6.45, 7) is 9.06. The highest BCUT2D eigenvalue weighted by Gasteiger charge is 2.44. The third kappa shape index (κ3) is 3.11. The summed E-state index contributed by atoms with van der Waals surface area (Å²) in [6.07, 6.45) is -0.0261. The van der Waals surface area contributed by atoms with E-state index in [0.29, 0.717) is 25.2 Å². The van der Waals surface area contributed by atoms with Crippen molar-refractivity contribution in [1.82, 2.24) is 10.2 Å². The monoisotopic (exact) mass is 220 g/mol. The molecular formula is C11H22F2N2. The lowest BCUT2D eigenvalue weighted by atomic mass is 10.1. The summed E-state index contributed by atoms with van der Waals surface area (Å²) < 4.78 is 26.8. The Bertz CT molecular complexity index is 197. The minimum Gasteiger partial charge on any atom is -0.307 e. The van der Waals surface area contributed by atoms with Gasteiger partial charge in [0.05, 0.1) is 6.04 Å². The summed E-state index contributed by atoms with van der Waals surface area (Å²) in [5.41, 5.74) is 0. The van der Waals surface area contributed by atoms with E-state index in [4.69, 9.17) is 0 Å². The van der Waals surface area contributed by atoms with Crippen molar-refractivity contribution >= 4 is 0 Å². The van der Waals surface area contributed by atoms with Gasteiger partial charge in [0.15, 0.2) is 0 Å². The van der Waals surface area contributed by atoms with Gasteiger partial charge in [-0.15, -0.1) is 0 Å². The van der Waals surface area contributed by atoms with Gasteiger partial charge in [0.25, 0.3) is 5.92 Å². The third-order valence-electron chi connectivity index (χ3n) is 3.08. The van der Waals surface area contributed by atoms with E-state index >= 15 is 0 Å². The predicted molar refractivity (Wildman–Crippen MR) is 58.3 cm³/mol. The first-order valence-corrected chi connectivity index (χ1v) is 5.71. The Hall–Kier alpha value is -0.220. The highest BCUT2D eigenvalue weighted by atomic mass is 19.3. The molecule has 0 aromatic heterocycles. The molecule has 15 heavy (non-hydrogen) atoms. The highest BCUT2D eigenvalue weighted by molar-refractivity contribution is 4.93. The van der Waals surface area contributed by atoms with Crippen LogP contribution in [-0.4, -0.2) is 42.0 Å². The molecule has 1 fully saturated rings. The van der Waals surface area contributed by atoms with Crippen LogP contribution >= 0.6 is 0 Å². The van der Waals surface area contributed by atoms with Gasteiger partial charge < -0.3 is 5.32 Å². The van der Waals surface area contributed by atoms with E-state index in [9.17, 15) is 8.78 Å². The van der Waals surface area contributed by atoms with Crippen molar-refractivity contribution in [2.75, 3.05) is 13.1 Å². The molecule has 0 aliphatic carbocycles. The van der Waals surface area contributed by atoms with E-state index in [2.05, 4.69) is 10.2 Å². The normalized spacial score (nSPS) is 25.8. The second-order valence-electron chi connectivity index (χ2n) is 4.90. The van der Waals surface area contributed by atoms with E-state index in [0.717, 1.165) is 0 Å². The maximum Gasteiger partial charge on any atom is 0.265 e. The molecule has 0 aromatic rings. The number of rotatable bonds is 4. The highest BCUT2D eigenvalue weighted by Crippen LogP contribution is 2.28. The molecule has 0 bridgehead atoms. The molecule has 0 spiro atoms. The molecule has 0 saturated carbocycles. The van der Waals surface area contributed by atoms with Crippen LogP contribution in [0.2, 0.25) is 0 Å². The van der Waals surface area contributed by atoms with Gasteiger partial charge in [-0.2, -0.15) is 0 Å². The first-order valence-electron chi connectivity index (χ1n) is 5.71. The summed E-state index contributed by atoms with van der Waals surface area (Å²) in [5.74, 6) is -2.54. The number of nitrogens with one attached hydrogen (secondary N) is 1. The van der Waals surface area contributed by atoms with Gasteiger partial charge in [0.1, 0.15) is 0 Å². The lowest BCUT2D eigenvalue weighted by Crippen LogP contribution is -2.50. The Balaban J connectivity index is 2.58. The zero-order valence-electron chi connectivity index (χ0n) is 10.1. The maximum absolute atomic E-state index is 13.4. The molecule has 90 valence electrons. The molecule has 1 saturated heterocycles. The van der Waals surface area contributed by atoms with Crippen LogP contribution in [0.1, 0.15) is 34.1 Å². The second kappa shape index (κ2) is 4.74. The molecule has 1 unspecified atom stereocenters. The van der Waals surface area contributed by atoms with Crippen molar-refractivity contribution in [3.8, 4) is 0 Å². The van der Waals surface area contributed by atoms with E-state index in [-0.39, 0.29) is 6.42 Å². The van der Waals surface area contributed by atoms with E-state index in [1.54, 1.807) is 0 Å². The Kier molecular flexibility index (Phi) is 4.06. The van der Waals surface area contributed by atoms with Crippen LogP contribution in [0, 0.1) is 0 Å². The largest absolute Gasteiger partial charge is 0.307 e. The fourth-order valence-electron chi connectivity index (χ4n) is 2.16. The standard InChI is InChI=1S/C11H22F2N2/c1-8(2)15(9(3)4)7-10-11(12,13)5-6-14-10/h8-10,14H,5-7H2,1-4H3. The van der Waals surface area contributed by atoms with Crippen molar-refractivity contribution < 1.29 is 8.78 Å². The summed E-state index contributed by atoms with van der Waals surface area (Å²) in [6, 6.07) is -0.0614. The van der Waals surface area contributed by atoms with Crippen molar-refractivity contribution in [1.29, 1.82) is 0 Å². The molecular weight excluding hydrogens is 198 g/mol. The summed E-state index contributed by atoms with van der Waals surface area (Å²) in [5, 5.41) is 2.90. The Morgan fingerprint density at radius 1 is 1.27 bits per heavy atom. The first kappa shape index (κ1) is 12.8. The van der Waals surface area contributed by atoms with Crippen LogP contribution in [0.4, 0.5) is 8.78 Å². The number of hydrogen-bond donors (Lipinski definition) is 1. The Morgan fingerprint density at radius 3 is 2.13 bits per heavy atom. The van der Waals surface area contributed by atoms with E-state index in [1.807, 2.05) is 27.7 Å². The molecule has 2 nitrogen and oxygen atoms in total. The average molecular weight is 220 g/mol. The molecule has 1 heterocycles. The van der Waals surface area contributed by atoms with Crippen LogP contribution in [0.5, 0.6) is 0 Å². The number of halogens is 2. The van der Waals surface area contributed by atoms with Gasteiger partial charge in [-0.25, -0.2) is 8.78 Å². The van der Waals surface area contributed by atoms with Crippen molar-refractivity contribution in [2.24, 2.45) is 0 Å². The Morgan fingerprint density at radius 2 is 1.80 bits per heavy atom. The van der Waals surface area contributed by atoms with Crippen LogP contribution in [0.15, 0.2) is 0 Å². The van der Waals surface area contributed by atoms with Crippen LogP contribution in [-0.2, 0) is 0 Å². The average Bonchev–Trinajstić information content (AvgIpc) is 2.39. The number of nitrogens with zero attached hydrogens (tertiary/aromatic N) is 1. The molecule has 0 aromatic carbocycles. The van der Waals surface area contributed by atoms with Gasteiger partial charge in [-0.05, 0) is 27.7 Å². The van der Waals surface area contributed by atoms with E-state index in [1.165, 1.54) is 0 Å². The Labute approximate surface area is 91.0 Å². The van der Waals surface area contributed by atoms with Gasteiger partial charge in [0.2, 0.25) is 0 Å². The summed E-state index contributed by atoms with van der Waals surface area (Å²) >= 11 is 0. The van der Waals surface area contributed by atoms with Gasteiger partial charge in [-0.3, -0.25) is 4.90 Å². The molecule has 1 aliphatic rings. The molecule has 4 heteroatoms. The van der Waals surface area contributed by atoms with Gasteiger partial charge in [0, 0.05) is 31.6 Å². The molecule has 1 atom stereocenters. The third-order valence-corrected chi connectivity index (χ3v) is 3.08. The summed E-state index contributed by atoms with van der Waals surface area (Å²) in [7, 11) is 0. The lowest BCUT2D eigenvalue weighted by Gasteiger charge is -2.34. The molecule has 1 rings (SSSR count). The minimum absolute atomic E-state index is 0.0261. The number of alkyl halides is 2. The van der Waals surface area contributed by atoms with Gasteiger partial charge >= 0.3 is 0 Å². The first-order chi connectivity index (χ1) is 6.84. The fraction of sp³-hybridized carbons (Fsp3) is 1.00. The maximum atomic E-state index is 13.4. The van der Waals surface area contributed by atoms with Crippen molar-refractivity contribution in [3.05, 3.63) is 0 Å². The zero-order chi connectivity index (χ0) is 11.6. The van der Waals surface area contributed by atoms with Crippen LogP contribution in [0.3, 0.4) is 0 Å².